The summed E-state index contributed by atoms with van der Waals surface area (Å²) in [6.45, 7) is 3.53. The summed E-state index contributed by atoms with van der Waals surface area (Å²) < 4.78 is 0. The predicted octanol–water partition coefficient (Wildman–Crippen LogP) is 3.84. The van der Waals surface area contributed by atoms with E-state index < -0.39 is 0 Å². The van der Waals surface area contributed by atoms with E-state index in [2.05, 4.69) is 28.4 Å². The molecule has 3 rings (SSSR count). The number of para-hydroxylation sites is 2. The zero-order chi connectivity index (χ0) is 13.9. The maximum absolute atomic E-state index is 11.6. The van der Waals surface area contributed by atoms with E-state index in [0.29, 0.717) is 0 Å². The first-order valence-electron chi connectivity index (χ1n) is 6.97. The molecule has 2 aromatic carbocycles. The maximum atomic E-state index is 11.6. The van der Waals surface area contributed by atoms with Crippen molar-refractivity contribution in [2.45, 2.75) is 13.3 Å². The Morgan fingerprint density at radius 1 is 1.15 bits per heavy atom. The minimum atomic E-state index is 0.105. The lowest BCUT2D eigenvalue weighted by molar-refractivity contribution is 0.101. The number of carbonyl (C=O) groups excluding carboxylic acids is 1. The van der Waals surface area contributed by atoms with Gasteiger partial charge in [0.25, 0.3) is 0 Å². The van der Waals surface area contributed by atoms with Crippen molar-refractivity contribution in [2.75, 3.05) is 23.3 Å². The van der Waals surface area contributed by atoms with Crippen molar-refractivity contribution in [3.8, 4) is 0 Å². The normalized spacial score (nSPS) is 14.2. The minimum Gasteiger partial charge on any atom is -0.383 e. The number of anilines is 3. The van der Waals surface area contributed by atoms with Crippen LogP contribution in [0.25, 0.3) is 0 Å². The van der Waals surface area contributed by atoms with Gasteiger partial charge in [0.15, 0.2) is 5.78 Å². The lowest BCUT2D eigenvalue weighted by atomic mass is 10.1. The summed E-state index contributed by atoms with van der Waals surface area (Å²) in [6.07, 6.45) is 1.07. The quantitative estimate of drug-likeness (QED) is 0.838. The molecule has 1 N–H and O–H groups in total. The first kappa shape index (κ1) is 12.7. The van der Waals surface area contributed by atoms with Gasteiger partial charge in [-0.25, -0.2) is 0 Å². The van der Waals surface area contributed by atoms with E-state index in [0.717, 1.165) is 36.4 Å². The van der Waals surface area contributed by atoms with Gasteiger partial charge in [-0.2, -0.15) is 0 Å². The van der Waals surface area contributed by atoms with Gasteiger partial charge in [0.05, 0.1) is 11.4 Å². The number of nitrogens with one attached hydrogen (secondary N) is 1. The van der Waals surface area contributed by atoms with Gasteiger partial charge in [0, 0.05) is 24.3 Å². The molecule has 20 heavy (non-hydrogen) atoms. The molecule has 0 bridgehead atoms. The lowest BCUT2D eigenvalue weighted by Gasteiger charge is -2.25. The summed E-state index contributed by atoms with van der Waals surface area (Å²) >= 11 is 0. The summed E-state index contributed by atoms with van der Waals surface area (Å²) in [6, 6.07) is 16.2. The van der Waals surface area contributed by atoms with E-state index in [1.165, 1.54) is 5.69 Å². The average molecular weight is 266 g/mol. The van der Waals surface area contributed by atoms with Crippen LogP contribution in [0.4, 0.5) is 17.1 Å². The van der Waals surface area contributed by atoms with E-state index in [-0.39, 0.29) is 5.78 Å². The molecule has 3 heteroatoms. The number of hydrogen-bond donors (Lipinski definition) is 1. The van der Waals surface area contributed by atoms with Gasteiger partial charge in [-0.15, -0.1) is 0 Å². The molecule has 3 nitrogen and oxygen atoms in total. The molecule has 0 saturated heterocycles. The number of fused-ring (bicyclic) bond motifs is 1. The Hall–Kier alpha value is -2.29. The third-order valence-corrected chi connectivity index (χ3v) is 3.63. The number of carbonyl (C=O) groups is 1. The molecule has 0 atom stereocenters. The largest absolute Gasteiger partial charge is 0.383 e. The maximum Gasteiger partial charge on any atom is 0.159 e. The van der Waals surface area contributed by atoms with E-state index in [4.69, 9.17) is 0 Å². The Morgan fingerprint density at radius 3 is 2.85 bits per heavy atom. The number of benzene rings is 2. The number of nitrogens with zero attached hydrogens (tertiary/aromatic N) is 1. The van der Waals surface area contributed by atoms with Gasteiger partial charge in [-0.3, -0.25) is 4.79 Å². The zero-order valence-electron chi connectivity index (χ0n) is 11.6. The third-order valence-electron chi connectivity index (χ3n) is 3.63. The second-order valence-electron chi connectivity index (χ2n) is 5.06. The molecular weight excluding hydrogens is 248 g/mol. The van der Waals surface area contributed by atoms with Crippen LogP contribution in [0.2, 0.25) is 0 Å². The fourth-order valence-corrected chi connectivity index (χ4v) is 2.60. The Balaban J connectivity index is 2.05. The highest BCUT2D eigenvalue weighted by molar-refractivity contribution is 5.95. The Bertz CT molecular complexity index is 636. The van der Waals surface area contributed by atoms with Crippen LogP contribution in [0.5, 0.6) is 0 Å². The van der Waals surface area contributed by atoms with Crippen LogP contribution in [0.1, 0.15) is 23.7 Å². The Morgan fingerprint density at radius 2 is 2.00 bits per heavy atom. The standard InChI is InChI=1S/C17H18N2O/c1-13(20)14-6-4-7-15(12-14)19-11-5-10-18-16-8-2-3-9-17(16)19/h2-4,6-9,12,18H,5,10-11H2,1H3. The molecule has 0 fully saturated rings. The Labute approximate surface area is 119 Å². The van der Waals surface area contributed by atoms with Crippen molar-refractivity contribution in [3.05, 3.63) is 54.1 Å². The van der Waals surface area contributed by atoms with Crippen molar-refractivity contribution in [3.63, 3.8) is 0 Å². The molecule has 1 aliphatic heterocycles. The molecule has 1 aliphatic rings. The molecule has 0 saturated carbocycles. The second-order valence-corrected chi connectivity index (χ2v) is 5.06. The second kappa shape index (κ2) is 5.37. The van der Waals surface area contributed by atoms with Gasteiger partial charge in [-0.05, 0) is 37.6 Å². The summed E-state index contributed by atoms with van der Waals surface area (Å²) in [5.41, 5.74) is 4.16. The van der Waals surface area contributed by atoms with Crippen LogP contribution in [0.15, 0.2) is 48.5 Å². The van der Waals surface area contributed by atoms with Gasteiger partial charge < -0.3 is 10.2 Å². The van der Waals surface area contributed by atoms with Gasteiger partial charge in [0.2, 0.25) is 0 Å². The molecule has 2 aromatic rings. The lowest BCUT2D eigenvalue weighted by Crippen LogP contribution is -2.18. The third kappa shape index (κ3) is 2.39. The van der Waals surface area contributed by atoms with E-state index >= 15 is 0 Å². The van der Waals surface area contributed by atoms with Crippen molar-refractivity contribution in [2.24, 2.45) is 0 Å². The fourth-order valence-electron chi connectivity index (χ4n) is 2.60. The van der Waals surface area contributed by atoms with Gasteiger partial charge in [-0.1, -0.05) is 24.3 Å². The van der Waals surface area contributed by atoms with Crippen LogP contribution in [-0.4, -0.2) is 18.9 Å². The summed E-state index contributed by atoms with van der Waals surface area (Å²) in [7, 11) is 0. The zero-order valence-corrected chi connectivity index (χ0v) is 11.6. The van der Waals surface area contributed by atoms with E-state index in [1.54, 1.807) is 6.92 Å². The molecule has 0 unspecified atom stereocenters. The molecule has 1 heterocycles. The summed E-state index contributed by atoms with van der Waals surface area (Å²) in [4.78, 5) is 13.8. The summed E-state index contributed by atoms with van der Waals surface area (Å²) in [5.74, 6) is 0.105. The van der Waals surface area contributed by atoms with Crippen LogP contribution in [0.3, 0.4) is 0 Å². The smallest absolute Gasteiger partial charge is 0.159 e. The van der Waals surface area contributed by atoms with Gasteiger partial charge in [0.1, 0.15) is 0 Å². The number of hydrogen-bond acceptors (Lipinski definition) is 3. The Kier molecular flexibility index (Phi) is 3.42. The van der Waals surface area contributed by atoms with Gasteiger partial charge >= 0.3 is 0 Å². The van der Waals surface area contributed by atoms with E-state index in [9.17, 15) is 4.79 Å². The highest BCUT2D eigenvalue weighted by Gasteiger charge is 2.16. The summed E-state index contributed by atoms with van der Waals surface area (Å²) in [5, 5.41) is 3.45. The van der Waals surface area contributed by atoms with Crippen molar-refractivity contribution in [1.82, 2.24) is 0 Å². The van der Waals surface area contributed by atoms with Crippen molar-refractivity contribution in [1.29, 1.82) is 0 Å². The number of Topliss-reactive ketones (excluding diaryl/α,β-unsaturated/α-hetero) is 1. The first-order chi connectivity index (χ1) is 9.75. The topological polar surface area (TPSA) is 32.3 Å². The first-order valence-corrected chi connectivity index (χ1v) is 6.97. The van der Waals surface area contributed by atoms with Crippen LogP contribution in [0, 0.1) is 0 Å². The van der Waals surface area contributed by atoms with Crippen molar-refractivity contribution < 1.29 is 4.79 Å². The molecule has 0 amide bonds. The van der Waals surface area contributed by atoms with E-state index in [1.807, 2.05) is 30.3 Å². The molecular formula is C17H18N2O. The SMILES string of the molecule is CC(=O)c1cccc(N2CCCNc3ccccc32)c1. The van der Waals surface area contributed by atoms with Crippen LogP contribution >= 0.6 is 0 Å². The fraction of sp³-hybridized carbons (Fsp3) is 0.235. The number of rotatable bonds is 2. The molecule has 0 aromatic heterocycles. The molecule has 0 radical (unpaired) electrons. The molecule has 102 valence electrons. The van der Waals surface area contributed by atoms with Crippen LogP contribution < -0.4 is 10.2 Å². The monoisotopic (exact) mass is 266 g/mol. The van der Waals surface area contributed by atoms with Crippen LogP contribution in [-0.2, 0) is 0 Å². The van der Waals surface area contributed by atoms with Crippen molar-refractivity contribution >= 4 is 22.8 Å². The highest BCUT2D eigenvalue weighted by atomic mass is 16.1. The highest BCUT2D eigenvalue weighted by Crippen LogP contribution is 2.34. The molecule has 0 aliphatic carbocycles. The average Bonchev–Trinajstić information content (AvgIpc) is 2.69. The predicted molar refractivity (Wildman–Crippen MR) is 83.0 cm³/mol. The number of ketones is 1. The minimum absolute atomic E-state index is 0.105. The molecule has 0 spiro atoms.